The normalized spacial score (nSPS) is 9.90. The fourth-order valence-corrected chi connectivity index (χ4v) is 2.16. The van der Waals surface area contributed by atoms with Gasteiger partial charge in [0, 0.05) is 21.2 Å². The minimum absolute atomic E-state index is 0.0479. The lowest BCUT2D eigenvalue weighted by Gasteiger charge is -2.10. The molecule has 0 spiro atoms. The molecule has 2 aromatic rings. The molecule has 0 fully saturated rings. The van der Waals surface area contributed by atoms with Crippen LogP contribution in [-0.2, 0) is 6.61 Å². The largest absolute Gasteiger partial charge is 0.486 e. The van der Waals surface area contributed by atoms with Gasteiger partial charge in [-0.25, -0.2) is 4.39 Å². The van der Waals surface area contributed by atoms with Gasteiger partial charge in [0.15, 0.2) is 11.6 Å². The number of benzene rings is 2. The zero-order valence-corrected chi connectivity index (χ0v) is 12.4. The summed E-state index contributed by atoms with van der Waals surface area (Å²) in [6, 6.07) is 9.32. The van der Waals surface area contributed by atoms with E-state index in [9.17, 15) is 4.39 Å². The first-order chi connectivity index (χ1) is 10.1. The van der Waals surface area contributed by atoms with Gasteiger partial charge in [-0.2, -0.15) is 0 Å². The summed E-state index contributed by atoms with van der Waals surface area (Å²) in [5.41, 5.74) is 1.14. The molecule has 0 radical (unpaired) electrons. The molecule has 0 heterocycles. The third-order valence-electron chi connectivity index (χ3n) is 2.68. The van der Waals surface area contributed by atoms with Crippen molar-refractivity contribution in [3.05, 3.63) is 63.4 Å². The Morgan fingerprint density at radius 2 is 1.86 bits per heavy atom. The first kappa shape index (κ1) is 15.7. The number of rotatable bonds is 3. The Bertz CT molecular complexity index is 685. The van der Waals surface area contributed by atoms with Gasteiger partial charge >= 0.3 is 0 Å². The lowest BCUT2D eigenvalue weighted by atomic mass is 10.2. The minimum Gasteiger partial charge on any atom is -0.486 e. The number of halogens is 3. The number of hydrogen-bond donors (Lipinski definition) is 1. The summed E-state index contributed by atoms with van der Waals surface area (Å²) in [6.45, 7) is -0.213. The van der Waals surface area contributed by atoms with E-state index < -0.39 is 5.82 Å². The third kappa shape index (κ3) is 4.12. The Labute approximate surface area is 132 Å². The van der Waals surface area contributed by atoms with Gasteiger partial charge < -0.3 is 9.84 Å². The van der Waals surface area contributed by atoms with Crippen molar-refractivity contribution < 1.29 is 14.2 Å². The van der Waals surface area contributed by atoms with Crippen molar-refractivity contribution in [1.29, 1.82) is 0 Å². The Kier molecular flexibility index (Phi) is 5.46. The van der Waals surface area contributed by atoms with Crippen molar-refractivity contribution in [3.63, 3.8) is 0 Å². The van der Waals surface area contributed by atoms with Crippen LogP contribution in [-0.4, -0.2) is 11.7 Å². The van der Waals surface area contributed by atoms with Gasteiger partial charge in [0.2, 0.25) is 0 Å². The molecule has 0 aromatic heterocycles. The van der Waals surface area contributed by atoms with E-state index in [2.05, 4.69) is 11.8 Å². The van der Waals surface area contributed by atoms with Crippen LogP contribution in [0, 0.1) is 17.7 Å². The van der Waals surface area contributed by atoms with E-state index in [1.807, 2.05) is 0 Å². The average molecular weight is 325 g/mol. The van der Waals surface area contributed by atoms with Crippen LogP contribution in [0.3, 0.4) is 0 Å². The van der Waals surface area contributed by atoms with Crippen molar-refractivity contribution in [1.82, 2.24) is 0 Å². The maximum atomic E-state index is 13.7. The lowest BCUT2D eigenvalue weighted by molar-refractivity contribution is 0.290. The van der Waals surface area contributed by atoms with E-state index in [0.29, 0.717) is 21.2 Å². The van der Waals surface area contributed by atoms with Gasteiger partial charge in [-0.1, -0.05) is 41.1 Å². The highest BCUT2D eigenvalue weighted by Gasteiger charge is 2.09. The van der Waals surface area contributed by atoms with Crippen LogP contribution in [0.1, 0.15) is 11.1 Å². The Hall–Kier alpha value is -1.73. The molecule has 2 nitrogen and oxygen atoms in total. The predicted octanol–water partition coefficient (Wildman–Crippen LogP) is 4.06. The Balaban J connectivity index is 2.20. The third-order valence-corrected chi connectivity index (χ3v) is 3.38. The first-order valence-electron chi connectivity index (χ1n) is 6.07. The molecule has 0 atom stereocenters. The summed E-state index contributed by atoms with van der Waals surface area (Å²) in [5, 5.41) is 9.57. The quantitative estimate of drug-likeness (QED) is 0.863. The van der Waals surface area contributed by atoms with E-state index in [4.69, 9.17) is 33.0 Å². The van der Waals surface area contributed by atoms with Crippen LogP contribution in [0.25, 0.3) is 0 Å². The molecule has 1 N–H and O–H groups in total. The standard InChI is InChI=1S/C16H11Cl2FO2/c17-13-4-1-5-14(18)12(13)10-21-16-9-11(3-2-8-20)6-7-15(16)19/h1,4-7,9,20H,8,10H2. The van der Waals surface area contributed by atoms with Crippen LogP contribution in [0.4, 0.5) is 4.39 Å². The van der Waals surface area contributed by atoms with Crippen molar-refractivity contribution >= 4 is 23.2 Å². The fraction of sp³-hybridized carbons (Fsp3) is 0.125. The van der Waals surface area contributed by atoms with Crippen molar-refractivity contribution in [3.8, 4) is 17.6 Å². The molecular weight excluding hydrogens is 314 g/mol. The van der Waals surface area contributed by atoms with Crippen LogP contribution < -0.4 is 4.74 Å². The van der Waals surface area contributed by atoms with Crippen LogP contribution in [0.15, 0.2) is 36.4 Å². The van der Waals surface area contributed by atoms with Gasteiger partial charge in [-0.15, -0.1) is 0 Å². The zero-order chi connectivity index (χ0) is 15.2. The van der Waals surface area contributed by atoms with Gasteiger partial charge in [0.25, 0.3) is 0 Å². The number of ether oxygens (including phenoxy) is 1. The maximum absolute atomic E-state index is 13.7. The first-order valence-corrected chi connectivity index (χ1v) is 6.82. The second-order valence-electron chi connectivity index (χ2n) is 4.09. The highest BCUT2D eigenvalue weighted by molar-refractivity contribution is 6.35. The highest BCUT2D eigenvalue weighted by Crippen LogP contribution is 2.27. The molecule has 0 aliphatic rings. The summed E-state index contributed by atoms with van der Waals surface area (Å²) in [5.74, 6) is 4.72. The second kappa shape index (κ2) is 7.33. The Morgan fingerprint density at radius 3 is 2.52 bits per heavy atom. The van der Waals surface area contributed by atoms with Crippen molar-refractivity contribution in [2.75, 3.05) is 6.61 Å². The van der Waals surface area contributed by atoms with E-state index in [1.165, 1.54) is 18.2 Å². The lowest BCUT2D eigenvalue weighted by Crippen LogP contribution is -1.99. The average Bonchev–Trinajstić information content (AvgIpc) is 2.47. The van der Waals surface area contributed by atoms with E-state index in [-0.39, 0.29) is 19.0 Å². The van der Waals surface area contributed by atoms with E-state index in [0.717, 1.165) is 0 Å². The molecule has 0 unspecified atom stereocenters. The topological polar surface area (TPSA) is 29.5 Å². The molecular formula is C16H11Cl2FO2. The predicted molar refractivity (Wildman–Crippen MR) is 81.2 cm³/mol. The van der Waals surface area contributed by atoms with Crippen LogP contribution in [0.2, 0.25) is 10.0 Å². The summed E-state index contributed by atoms with van der Waals surface area (Å²) < 4.78 is 19.1. The zero-order valence-electron chi connectivity index (χ0n) is 10.9. The number of aliphatic hydroxyl groups excluding tert-OH is 1. The molecule has 0 saturated carbocycles. The SMILES string of the molecule is OCC#Cc1ccc(F)c(OCc2c(Cl)cccc2Cl)c1. The molecule has 5 heteroatoms. The molecule has 2 aromatic carbocycles. The maximum Gasteiger partial charge on any atom is 0.165 e. The van der Waals surface area contributed by atoms with Crippen LogP contribution in [0.5, 0.6) is 5.75 Å². The molecule has 0 aliphatic heterocycles. The van der Waals surface area contributed by atoms with Gasteiger partial charge in [-0.05, 0) is 30.3 Å². The van der Waals surface area contributed by atoms with Gasteiger partial charge in [0.1, 0.15) is 13.2 Å². The molecule has 108 valence electrons. The van der Waals surface area contributed by atoms with E-state index >= 15 is 0 Å². The molecule has 0 amide bonds. The fourth-order valence-electron chi connectivity index (χ4n) is 1.65. The van der Waals surface area contributed by atoms with Gasteiger partial charge in [-0.3, -0.25) is 0 Å². The summed E-state index contributed by atoms with van der Waals surface area (Å²) in [7, 11) is 0. The van der Waals surface area contributed by atoms with Crippen LogP contribution >= 0.6 is 23.2 Å². The molecule has 0 aliphatic carbocycles. The minimum atomic E-state index is -0.507. The summed E-state index contributed by atoms with van der Waals surface area (Å²) >= 11 is 12.1. The monoisotopic (exact) mass is 324 g/mol. The Morgan fingerprint density at radius 1 is 1.14 bits per heavy atom. The van der Waals surface area contributed by atoms with Gasteiger partial charge in [0.05, 0.1) is 0 Å². The molecule has 21 heavy (non-hydrogen) atoms. The second-order valence-corrected chi connectivity index (χ2v) is 4.91. The summed E-state index contributed by atoms with van der Waals surface area (Å²) in [4.78, 5) is 0. The number of hydrogen-bond acceptors (Lipinski definition) is 2. The van der Waals surface area contributed by atoms with E-state index in [1.54, 1.807) is 18.2 Å². The summed E-state index contributed by atoms with van der Waals surface area (Å²) in [6.07, 6.45) is 0. The smallest absolute Gasteiger partial charge is 0.165 e. The molecule has 2 rings (SSSR count). The van der Waals surface area contributed by atoms with Crippen molar-refractivity contribution in [2.45, 2.75) is 6.61 Å². The molecule has 0 saturated heterocycles. The number of aliphatic hydroxyl groups is 1. The van der Waals surface area contributed by atoms with Crippen molar-refractivity contribution in [2.24, 2.45) is 0 Å². The highest BCUT2D eigenvalue weighted by atomic mass is 35.5. The molecule has 0 bridgehead atoms.